The predicted molar refractivity (Wildman–Crippen MR) is 52.9 cm³/mol. The van der Waals surface area contributed by atoms with Crippen molar-refractivity contribution in [3.8, 4) is 0 Å². The Morgan fingerprint density at radius 1 is 1.31 bits per heavy atom. The molecule has 74 valence electrons. The van der Waals surface area contributed by atoms with Crippen LogP contribution in [0.15, 0.2) is 0 Å². The molecule has 0 saturated carbocycles. The molecule has 0 aliphatic heterocycles. The maximum atomic E-state index is 4.98. The average Bonchev–Trinajstić information content (AvgIpc) is 2.09. The summed E-state index contributed by atoms with van der Waals surface area (Å²) in [6, 6.07) is 0. The molecule has 0 atom stereocenters. The number of likely N-dealkylation sites (N-methyl/N-ethyl adjacent to an activating group) is 1. The molecule has 0 aromatic rings. The summed E-state index contributed by atoms with van der Waals surface area (Å²) in [4.78, 5) is 2.21. The fourth-order valence-corrected chi connectivity index (χ4v) is 1.03. The maximum absolute atomic E-state index is 4.98. The van der Waals surface area contributed by atoms with Crippen molar-refractivity contribution in [3.63, 3.8) is 0 Å². The van der Waals surface area contributed by atoms with Crippen LogP contribution >= 0.6 is 0 Å². The van der Waals surface area contributed by atoms with Gasteiger partial charge in [-0.25, -0.2) is 0 Å². The van der Waals surface area contributed by atoms with Crippen LogP contribution in [0.25, 0.3) is 0 Å². The number of nitrogens with zero attached hydrogens (tertiary/aromatic N) is 1. The number of methoxy groups -OCH3 is 1. The molecule has 0 aliphatic carbocycles. The van der Waals surface area contributed by atoms with Gasteiger partial charge in [0.1, 0.15) is 0 Å². The van der Waals surface area contributed by atoms with Gasteiger partial charge in [-0.05, 0) is 13.6 Å². The summed E-state index contributed by atoms with van der Waals surface area (Å²) in [7, 11) is 3.84. The Labute approximate surface area is 95.2 Å². The Bertz CT molecular complexity index is 91.0. The number of rotatable bonds is 8. The molecule has 0 radical (unpaired) electrons. The number of unbranched alkanes of at least 4 members (excludes halogenated alkanes) is 3. The van der Waals surface area contributed by atoms with E-state index < -0.39 is 0 Å². The van der Waals surface area contributed by atoms with E-state index in [4.69, 9.17) is 4.74 Å². The minimum absolute atomic E-state index is 0. The summed E-state index contributed by atoms with van der Waals surface area (Å²) in [5.41, 5.74) is 0. The molecule has 2 nitrogen and oxygen atoms in total. The van der Waals surface area contributed by atoms with Crippen molar-refractivity contribution in [3.05, 3.63) is 6.54 Å². The van der Waals surface area contributed by atoms with Gasteiger partial charge < -0.3 is 9.64 Å². The minimum atomic E-state index is 0. The molecule has 0 bridgehead atoms. The maximum Gasteiger partial charge on any atom is 1.00 e. The zero-order valence-corrected chi connectivity index (χ0v) is 9.68. The summed E-state index contributed by atoms with van der Waals surface area (Å²) in [6.45, 7) is 6.31. The van der Waals surface area contributed by atoms with Crippen LogP contribution in [0.2, 0.25) is 0 Å². The first-order valence-corrected chi connectivity index (χ1v) is 4.83. The monoisotopic (exact) mass is 179 g/mol. The summed E-state index contributed by atoms with van der Waals surface area (Å²) < 4.78 is 4.98. The standard InChI is InChI=1S/C10H22NO.Li/c1-4-5-6-7-8-11(2)9-10-12-3;/h8H,4-7,9-10H2,1-3H3;/q-1;+1. The summed E-state index contributed by atoms with van der Waals surface area (Å²) in [6.07, 6.45) is 5.16. The van der Waals surface area contributed by atoms with E-state index in [-0.39, 0.29) is 18.9 Å². The second kappa shape index (κ2) is 12.5. The van der Waals surface area contributed by atoms with Crippen molar-refractivity contribution in [1.29, 1.82) is 0 Å². The molecule has 0 fully saturated rings. The molecule has 0 amide bonds. The van der Waals surface area contributed by atoms with Crippen LogP contribution in [-0.4, -0.2) is 32.2 Å². The zero-order valence-electron chi connectivity index (χ0n) is 9.68. The molecular formula is C10H22LiNO. The molecule has 3 heteroatoms. The van der Waals surface area contributed by atoms with Crippen LogP contribution in [0.5, 0.6) is 0 Å². The van der Waals surface area contributed by atoms with Crippen LogP contribution < -0.4 is 18.9 Å². The molecule has 0 rings (SSSR count). The third-order valence-electron chi connectivity index (χ3n) is 1.90. The summed E-state index contributed by atoms with van der Waals surface area (Å²) in [5, 5.41) is 0. The molecule has 0 aromatic heterocycles. The van der Waals surface area contributed by atoms with Crippen LogP contribution in [-0.2, 0) is 4.74 Å². The molecule has 0 N–H and O–H groups in total. The van der Waals surface area contributed by atoms with Gasteiger partial charge >= 0.3 is 18.9 Å². The van der Waals surface area contributed by atoms with Crippen molar-refractivity contribution in [2.45, 2.75) is 32.6 Å². The molecule has 0 unspecified atom stereocenters. The van der Waals surface area contributed by atoms with Crippen molar-refractivity contribution in [2.75, 3.05) is 27.3 Å². The molecule has 0 saturated heterocycles. The predicted octanol–water partition coefficient (Wildman–Crippen LogP) is -0.689. The van der Waals surface area contributed by atoms with E-state index in [0.717, 1.165) is 13.2 Å². The van der Waals surface area contributed by atoms with Gasteiger partial charge in [0, 0.05) is 7.11 Å². The fraction of sp³-hybridized carbons (Fsp3) is 0.900. The van der Waals surface area contributed by atoms with E-state index in [9.17, 15) is 0 Å². The van der Waals surface area contributed by atoms with Crippen LogP contribution in [0.4, 0.5) is 0 Å². The fourth-order valence-electron chi connectivity index (χ4n) is 1.03. The number of ether oxygens (including phenoxy) is 1. The number of hydrogen-bond donors (Lipinski definition) is 0. The second-order valence-electron chi connectivity index (χ2n) is 3.15. The van der Waals surface area contributed by atoms with Crippen molar-refractivity contribution >= 4 is 0 Å². The Balaban J connectivity index is 0. The van der Waals surface area contributed by atoms with Crippen LogP contribution in [0.3, 0.4) is 0 Å². The molecular weight excluding hydrogens is 157 g/mol. The Morgan fingerprint density at radius 2 is 2.00 bits per heavy atom. The first-order valence-electron chi connectivity index (χ1n) is 4.83. The van der Waals surface area contributed by atoms with Gasteiger partial charge in [0.15, 0.2) is 0 Å². The van der Waals surface area contributed by atoms with E-state index in [2.05, 4.69) is 25.4 Å². The van der Waals surface area contributed by atoms with E-state index in [1.165, 1.54) is 25.7 Å². The molecule has 13 heavy (non-hydrogen) atoms. The Morgan fingerprint density at radius 3 is 2.54 bits per heavy atom. The largest absolute Gasteiger partial charge is 1.00 e. The third kappa shape index (κ3) is 12.5. The van der Waals surface area contributed by atoms with Gasteiger partial charge in [0.25, 0.3) is 0 Å². The molecule has 0 spiro atoms. The first-order chi connectivity index (χ1) is 5.81. The molecule has 0 aliphatic rings. The number of hydrogen-bond acceptors (Lipinski definition) is 2. The van der Waals surface area contributed by atoms with Gasteiger partial charge in [0.2, 0.25) is 0 Å². The average molecular weight is 179 g/mol. The van der Waals surface area contributed by atoms with Crippen molar-refractivity contribution < 1.29 is 23.6 Å². The Kier molecular flexibility index (Phi) is 15.4. The van der Waals surface area contributed by atoms with E-state index in [1.54, 1.807) is 7.11 Å². The van der Waals surface area contributed by atoms with Gasteiger partial charge in [0.05, 0.1) is 6.61 Å². The topological polar surface area (TPSA) is 12.5 Å². The van der Waals surface area contributed by atoms with Crippen molar-refractivity contribution in [1.82, 2.24) is 4.90 Å². The minimum Gasteiger partial charge on any atom is -0.457 e. The third-order valence-corrected chi connectivity index (χ3v) is 1.90. The van der Waals surface area contributed by atoms with Crippen molar-refractivity contribution in [2.24, 2.45) is 0 Å². The molecule has 0 aromatic carbocycles. The zero-order chi connectivity index (χ0) is 9.23. The second-order valence-corrected chi connectivity index (χ2v) is 3.15. The summed E-state index contributed by atoms with van der Waals surface area (Å²) in [5.74, 6) is 0. The van der Waals surface area contributed by atoms with E-state index >= 15 is 0 Å². The van der Waals surface area contributed by atoms with Crippen LogP contribution in [0, 0.1) is 6.54 Å². The smallest absolute Gasteiger partial charge is 0.457 e. The Hall–Kier alpha value is 0.517. The SMILES string of the molecule is CCCCC[CH-]N(C)CCOC.[Li+]. The quantitative estimate of drug-likeness (QED) is 0.278. The van der Waals surface area contributed by atoms with Gasteiger partial charge in [-0.1, -0.05) is 26.2 Å². The molecule has 0 heterocycles. The van der Waals surface area contributed by atoms with E-state index in [0.29, 0.717) is 0 Å². The normalized spacial score (nSPS) is 10.2. The van der Waals surface area contributed by atoms with E-state index in [1.807, 2.05) is 0 Å². The van der Waals surface area contributed by atoms with Crippen LogP contribution in [0.1, 0.15) is 32.6 Å². The van der Waals surface area contributed by atoms with Gasteiger partial charge in [-0.3, -0.25) is 6.54 Å². The van der Waals surface area contributed by atoms with Gasteiger partial charge in [-0.15, -0.1) is 0 Å². The van der Waals surface area contributed by atoms with Gasteiger partial charge in [-0.2, -0.15) is 6.42 Å². The first kappa shape index (κ1) is 16.0. The summed E-state index contributed by atoms with van der Waals surface area (Å²) >= 11 is 0.